The van der Waals surface area contributed by atoms with Gasteiger partial charge in [-0.15, -0.1) is 0 Å². The van der Waals surface area contributed by atoms with Crippen LogP contribution < -0.4 is 9.47 Å². The minimum atomic E-state index is -0.234. The number of hydrogen-bond donors (Lipinski definition) is 1. The van der Waals surface area contributed by atoms with Gasteiger partial charge in [-0.25, -0.2) is 0 Å². The molecular weight excluding hydrogens is 276 g/mol. The van der Waals surface area contributed by atoms with Crippen molar-refractivity contribution in [3.63, 3.8) is 0 Å². The summed E-state index contributed by atoms with van der Waals surface area (Å²) in [5.41, 5.74) is 2.17. The van der Waals surface area contributed by atoms with E-state index in [4.69, 9.17) is 9.47 Å². The molecule has 3 heteroatoms. The number of methoxy groups -OCH3 is 1. The molecule has 1 N–H and O–H groups in total. The van der Waals surface area contributed by atoms with Gasteiger partial charge in [-0.3, -0.25) is 0 Å². The van der Waals surface area contributed by atoms with Crippen LogP contribution in [0.1, 0.15) is 26.2 Å². The molecule has 0 radical (unpaired) electrons. The zero-order valence-corrected chi connectivity index (χ0v) is 13.3. The molecule has 0 saturated heterocycles. The van der Waals surface area contributed by atoms with E-state index in [2.05, 4.69) is 12.1 Å². The van der Waals surface area contributed by atoms with E-state index in [1.54, 1.807) is 7.11 Å². The standard InChI is InChI=1S/C19H24O3/c1-3-16(20)10-7-13-22-19-14-17(21-2)11-12-18(19)15-8-5-4-6-9-15/h4-6,8-9,11-12,14,16,20H,3,7,10,13H2,1-2H3. The van der Waals surface area contributed by atoms with Gasteiger partial charge in [0.15, 0.2) is 0 Å². The maximum absolute atomic E-state index is 9.59. The lowest BCUT2D eigenvalue weighted by Crippen LogP contribution is -2.07. The summed E-state index contributed by atoms with van der Waals surface area (Å²) in [6.07, 6.45) is 2.15. The van der Waals surface area contributed by atoms with Crippen molar-refractivity contribution in [1.82, 2.24) is 0 Å². The largest absolute Gasteiger partial charge is 0.497 e. The SMILES string of the molecule is CCC(O)CCCOc1cc(OC)ccc1-c1ccccc1. The van der Waals surface area contributed by atoms with Gasteiger partial charge in [0.1, 0.15) is 11.5 Å². The van der Waals surface area contributed by atoms with E-state index in [0.29, 0.717) is 6.61 Å². The van der Waals surface area contributed by atoms with E-state index in [-0.39, 0.29) is 6.10 Å². The number of aliphatic hydroxyl groups excluding tert-OH is 1. The Morgan fingerprint density at radius 1 is 1.09 bits per heavy atom. The summed E-state index contributed by atoms with van der Waals surface area (Å²) < 4.78 is 11.2. The fourth-order valence-corrected chi connectivity index (χ4v) is 2.31. The first-order chi connectivity index (χ1) is 10.7. The Labute approximate surface area is 132 Å². The highest BCUT2D eigenvalue weighted by Crippen LogP contribution is 2.33. The van der Waals surface area contributed by atoms with Gasteiger partial charge in [0, 0.05) is 11.6 Å². The summed E-state index contributed by atoms with van der Waals surface area (Å²) in [7, 11) is 1.65. The average Bonchev–Trinajstić information content (AvgIpc) is 2.59. The van der Waals surface area contributed by atoms with Crippen molar-refractivity contribution >= 4 is 0 Å². The van der Waals surface area contributed by atoms with Crippen molar-refractivity contribution in [2.75, 3.05) is 13.7 Å². The van der Waals surface area contributed by atoms with E-state index >= 15 is 0 Å². The molecule has 0 bridgehead atoms. The number of rotatable bonds is 8. The second-order valence-electron chi connectivity index (χ2n) is 5.28. The molecule has 0 fully saturated rings. The van der Waals surface area contributed by atoms with E-state index in [1.807, 2.05) is 43.3 Å². The van der Waals surface area contributed by atoms with Gasteiger partial charge >= 0.3 is 0 Å². The summed E-state index contributed by atoms with van der Waals surface area (Å²) in [6, 6.07) is 16.0. The Kier molecular flexibility index (Phi) is 6.28. The van der Waals surface area contributed by atoms with Gasteiger partial charge in [-0.05, 0) is 37.0 Å². The van der Waals surface area contributed by atoms with Crippen molar-refractivity contribution in [3.8, 4) is 22.6 Å². The summed E-state index contributed by atoms with van der Waals surface area (Å²) in [5, 5.41) is 9.59. The van der Waals surface area contributed by atoms with E-state index in [0.717, 1.165) is 41.9 Å². The summed E-state index contributed by atoms with van der Waals surface area (Å²) in [5.74, 6) is 1.60. The molecule has 2 aromatic carbocycles. The Morgan fingerprint density at radius 3 is 2.55 bits per heavy atom. The first kappa shape index (κ1) is 16.4. The zero-order chi connectivity index (χ0) is 15.8. The fraction of sp³-hybridized carbons (Fsp3) is 0.368. The maximum atomic E-state index is 9.59. The second kappa shape index (κ2) is 8.44. The molecule has 22 heavy (non-hydrogen) atoms. The molecule has 0 amide bonds. The monoisotopic (exact) mass is 300 g/mol. The summed E-state index contributed by atoms with van der Waals surface area (Å²) in [4.78, 5) is 0. The predicted molar refractivity (Wildman–Crippen MR) is 89.5 cm³/mol. The third-order valence-electron chi connectivity index (χ3n) is 3.68. The summed E-state index contributed by atoms with van der Waals surface area (Å²) >= 11 is 0. The van der Waals surface area contributed by atoms with Crippen molar-refractivity contribution in [1.29, 1.82) is 0 Å². The molecule has 0 aromatic heterocycles. The highest BCUT2D eigenvalue weighted by molar-refractivity contribution is 5.71. The van der Waals surface area contributed by atoms with Crippen molar-refractivity contribution in [3.05, 3.63) is 48.5 Å². The number of ether oxygens (including phenoxy) is 2. The van der Waals surface area contributed by atoms with Crippen LogP contribution in [0, 0.1) is 0 Å². The van der Waals surface area contributed by atoms with Crippen LogP contribution in [0.5, 0.6) is 11.5 Å². The van der Waals surface area contributed by atoms with Gasteiger partial charge in [0.25, 0.3) is 0 Å². The molecule has 3 nitrogen and oxygen atoms in total. The Hall–Kier alpha value is -2.00. The highest BCUT2D eigenvalue weighted by Gasteiger charge is 2.08. The topological polar surface area (TPSA) is 38.7 Å². The molecule has 0 aliphatic rings. The van der Waals surface area contributed by atoms with Gasteiger partial charge < -0.3 is 14.6 Å². The van der Waals surface area contributed by atoms with Gasteiger partial charge in [0.05, 0.1) is 19.8 Å². The molecule has 0 spiro atoms. The van der Waals surface area contributed by atoms with Crippen LogP contribution in [0.2, 0.25) is 0 Å². The molecule has 2 aromatic rings. The molecule has 0 saturated carbocycles. The quantitative estimate of drug-likeness (QED) is 0.739. The molecule has 0 aliphatic heterocycles. The van der Waals surface area contributed by atoms with E-state index < -0.39 is 0 Å². The minimum absolute atomic E-state index is 0.234. The van der Waals surface area contributed by atoms with Crippen molar-refractivity contribution < 1.29 is 14.6 Å². The van der Waals surface area contributed by atoms with Crippen LogP contribution in [-0.4, -0.2) is 24.9 Å². The maximum Gasteiger partial charge on any atom is 0.130 e. The fourth-order valence-electron chi connectivity index (χ4n) is 2.31. The van der Waals surface area contributed by atoms with Crippen LogP contribution in [0.15, 0.2) is 48.5 Å². The molecule has 2 rings (SSSR count). The van der Waals surface area contributed by atoms with Gasteiger partial charge in [0.2, 0.25) is 0 Å². The normalized spacial score (nSPS) is 12.0. The van der Waals surface area contributed by atoms with Crippen molar-refractivity contribution in [2.45, 2.75) is 32.3 Å². The van der Waals surface area contributed by atoms with Crippen LogP contribution in [0.25, 0.3) is 11.1 Å². The van der Waals surface area contributed by atoms with Crippen LogP contribution in [0.4, 0.5) is 0 Å². The highest BCUT2D eigenvalue weighted by atomic mass is 16.5. The predicted octanol–water partition coefficient (Wildman–Crippen LogP) is 4.29. The van der Waals surface area contributed by atoms with Gasteiger partial charge in [-0.2, -0.15) is 0 Å². The zero-order valence-electron chi connectivity index (χ0n) is 13.3. The minimum Gasteiger partial charge on any atom is -0.497 e. The Balaban J connectivity index is 2.10. The van der Waals surface area contributed by atoms with E-state index in [9.17, 15) is 5.11 Å². The number of aliphatic hydroxyl groups is 1. The van der Waals surface area contributed by atoms with Crippen LogP contribution >= 0.6 is 0 Å². The Bertz CT molecular complexity index is 566. The number of hydrogen-bond acceptors (Lipinski definition) is 3. The van der Waals surface area contributed by atoms with Crippen molar-refractivity contribution in [2.24, 2.45) is 0 Å². The average molecular weight is 300 g/mol. The molecule has 1 atom stereocenters. The lowest BCUT2D eigenvalue weighted by atomic mass is 10.0. The molecule has 1 unspecified atom stereocenters. The summed E-state index contributed by atoms with van der Waals surface area (Å²) in [6.45, 7) is 2.57. The van der Waals surface area contributed by atoms with Gasteiger partial charge in [-0.1, -0.05) is 37.3 Å². The lowest BCUT2D eigenvalue weighted by molar-refractivity contribution is 0.149. The Morgan fingerprint density at radius 2 is 1.86 bits per heavy atom. The van der Waals surface area contributed by atoms with Crippen LogP contribution in [0.3, 0.4) is 0 Å². The molecular formula is C19H24O3. The lowest BCUT2D eigenvalue weighted by Gasteiger charge is -2.14. The smallest absolute Gasteiger partial charge is 0.130 e. The first-order valence-corrected chi connectivity index (χ1v) is 7.79. The third-order valence-corrected chi connectivity index (χ3v) is 3.68. The third kappa shape index (κ3) is 4.50. The second-order valence-corrected chi connectivity index (χ2v) is 5.28. The van der Waals surface area contributed by atoms with E-state index in [1.165, 1.54) is 0 Å². The number of benzene rings is 2. The molecule has 0 heterocycles. The molecule has 118 valence electrons. The van der Waals surface area contributed by atoms with Crippen LogP contribution in [-0.2, 0) is 0 Å². The molecule has 0 aliphatic carbocycles. The first-order valence-electron chi connectivity index (χ1n) is 7.79.